The molecule has 3 aromatic rings. The van der Waals surface area contributed by atoms with Crippen molar-refractivity contribution in [2.45, 2.75) is 64.2 Å². The Morgan fingerprint density at radius 2 is 1.20 bits per heavy atom. The number of hydrogen-bond acceptors (Lipinski definition) is 0. The molecule has 0 N–H and O–H groups in total. The van der Waals surface area contributed by atoms with Gasteiger partial charge in [0.1, 0.15) is 0 Å². The van der Waals surface area contributed by atoms with Crippen LogP contribution in [0, 0.1) is 6.92 Å². The Bertz CT molecular complexity index is 784. The number of rotatable bonds is 10. The van der Waals surface area contributed by atoms with Gasteiger partial charge >= 0.3 is 0 Å². The molecule has 1 radical (unpaired) electrons. The Labute approximate surface area is 153 Å². The highest BCUT2D eigenvalue weighted by atomic mass is 14.1. The lowest BCUT2D eigenvalue weighted by Gasteiger charge is -2.09. The van der Waals surface area contributed by atoms with Crippen LogP contribution in [-0.4, -0.2) is 0 Å². The second-order valence-electron chi connectivity index (χ2n) is 7.23. The fraction of sp³-hybridized carbons (Fsp3) is 0.400. The summed E-state index contributed by atoms with van der Waals surface area (Å²) >= 11 is 0. The summed E-state index contributed by atoms with van der Waals surface area (Å²) in [5.74, 6) is 0. The van der Waals surface area contributed by atoms with Crippen LogP contribution < -0.4 is 0 Å². The topological polar surface area (TPSA) is 0 Å². The van der Waals surface area contributed by atoms with Gasteiger partial charge in [-0.25, -0.2) is 0 Å². The Hall–Kier alpha value is -1.82. The maximum Gasteiger partial charge on any atom is -0.0103 e. The van der Waals surface area contributed by atoms with Crippen molar-refractivity contribution in [2.75, 3.05) is 0 Å². The summed E-state index contributed by atoms with van der Waals surface area (Å²) in [6.45, 7) is 3.91. The lowest BCUT2D eigenvalue weighted by atomic mass is 9.95. The number of hydrogen-bond donors (Lipinski definition) is 0. The van der Waals surface area contributed by atoms with Crippen molar-refractivity contribution in [1.82, 2.24) is 0 Å². The number of aryl methyl sites for hydroxylation is 1. The zero-order valence-electron chi connectivity index (χ0n) is 15.5. The first-order valence-corrected chi connectivity index (χ1v) is 10.1. The normalized spacial score (nSPS) is 11.4. The van der Waals surface area contributed by atoms with E-state index in [0.29, 0.717) is 0 Å². The first-order valence-electron chi connectivity index (χ1n) is 10.1. The predicted molar refractivity (Wildman–Crippen MR) is 112 cm³/mol. The molecule has 3 rings (SSSR count). The molecule has 0 fully saturated rings. The zero-order chi connectivity index (χ0) is 17.3. The molecule has 0 aromatic heterocycles. The molecule has 131 valence electrons. The fourth-order valence-corrected chi connectivity index (χ4v) is 3.88. The smallest absolute Gasteiger partial charge is 0.0103 e. The molecule has 0 aliphatic heterocycles. The minimum atomic E-state index is 1.10. The van der Waals surface area contributed by atoms with Crippen molar-refractivity contribution < 1.29 is 0 Å². The summed E-state index contributed by atoms with van der Waals surface area (Å²) in [7, 11) is 0. The maximum atomic E-state index is 3.91. The summed E-state index contributed by atoms with van der Waals surface area (Å²) in [6.07, 6.45) is 13.2. The Kier molecular flexibility index (Phi) is 6.91. The average molecular weight is 332 g/mol. The first kappa shape index (κ1) is 18.0. The quantitative estimate of drug-likeness (QED) is 0.262. The molecule has 0 unspecified atom stereocenters. The van der Waals surface area contributed by atoms with Crippen LogP contribution >= 0.6 is 0 Å². The van der Waals surface area contributed by atoms with Crippen LogP contribution in [0.4, 0.5) is 0 Å². The molecule has 0 saturated carbocycles. The molecule has 0 aliphatic rings. The van der Waals surface area contributed by atoms with Gasteiger partial charge in [-0.15, -0.1) is 0 Å². The fourth-order valence-electron chi connectivity index (χ4n) is 3.88. The van der Waals surface area contributed by atoms with E-state index in [1.165, 1.54) is 84.9 Å². The molecule has 0 saturated heterocycles. The Morgan fingerprint density at radius 3 is 2.00 bits per heavy atom. The van der Waals surface area contributed by atoms with Gasteiger partial charge in [0, 0.05) is 0 Å². The van der Waals surface area contributed by atoms with Gasteiger partial charge < -0.3 is 0 Å². The monoisotopic (exact) mass is 331 g/mol. The van der Waals surface area contributed by atoms with E-state index in [0.717, 1.165) is 6.42 Å². The minimum Gasteiger partial charge on any atom is -0.0616 e. The van der Waals surface area contributed by atoms with Gasteiger partial charge in [0.15, 0.2) is 0 Å². The summed E-state index contributed by atoms with van der Waals surface area (Å²) in [4.78, 5) is 0. The van der Waals surface area contributed by atoms with Crippen molar-refractivity contribution >= 4 is 21.5 Å². The molecular formula is C25H31. The lowest BCUT2D eigenvalue weighted by Crippen LogP contribution is -1.89. The van der Waals surface area contributed by atoms with E-state index >= 15 is 0 Å². The zero-order valence-corrected chi connectivity index (χ0v) is 15.5. The van der Waals surface area contributed by atoms with Crippen LogP contribution in [0.25, 0.3) is 21.5 Å². The molecule has 0 heterocycles. The van der Waals surface area contributed by atoms with Crippen molar-refractivity contribution in [3.05, 3.63) is 67.1 Å². The van der Waals surface area contributed by atoms with Gasteiger partial charge in [-0.3, -0.25) is 0 Å². The van der Waals surface area contributed by atoms with E-state index in [9.17, 15) is 0 Å². The average Bonchev–Trinajstić information content (AvgIpc) is 2.66. The Morgan fingerprint density at radius 1 is 0.520 bits per heavy atom. The molecule has 3 aromatic carbocycles. The summed E-state index contributed by atoms with van der Waals surface area (Å²) < 4.78 is 0. The van der Waals surface area contributed by atoms with Gasteiger partial charge in [-0.05, 0) is 39.9 Å². The summed E-state index contributed by atoms with van der Waals surface area (Å²) in [5, 5.41) is 5.56. The second kappa shape index (κ2) is 9.61. The highest BCUT2D eigenvalue weighted by molar-refractivity contribution is 6.08. The second-order valence-corrected chi connectivity index (χ2v) is 7.23. The van der Waals surface area contributed by atoms with Gasteiger partial charge in [-0.1, -0.05) is 113 Å². The van der Waals surface area contributed by atoms with E-state index in [1.54, 1.807) is 0 Å². The first-order chi connectivity index (χ1) is 12.4. The third kappa shape index (κ3) is 4.84. The maximum absolute atomic E-state index is 3.91. The highest BCUT2D eigenvalue weighted by Crippen LogP contribution is 2.28. The van der Waals surface area contributed by atoms with Gasteiger partial charge in [0.25, 0.3) is 0 Å². The predicted octanol–water partition coefficient (Wildman–Crippen LogP) is 7.88. The number of fused-ring (bicyclic) bond motifs is 3. The number of benzene rings is 3. The highest BCUT2D eigenvalue weighted by Gasteiger charge is 2.04. The minimum absolute atomic E-state index is 1.10. The van der Waals surface area contributed by atoms with Crippen molar-refractivity contribution in [3.63, 3.8) is 0 Å². The van der Waals surface area contributed by atoms with Crippen molar-refractivity contribution in [2.24, 2.45) is 0 Å². The van der Waals surface area contributed by atoms with E-state index in [2.05, 4.69) is 61.5 Å². The standard InChI is InChI=1S/C25H31/c1-2-3-4-5-6-7-8-9-10-14-21-16-13-18-25-23-17-12-11-15-22(23)19-20-24(21)25/h11-13,15-20H,1-10,14H2. The largest absolute Gasteiger partial charge is 0.0616 e. The SMILES string of the molecule is [CH2]CCCCCCCCCCc1cccc2c1ccc1ccccc12. The van der Waals surface area contributed by atoms with Crippen molar-refractivity contribution in [1.29, 1.82) is 0 Å². The molecule has 0 spiro atoms. The third-order valence-electron chi connectivity index (χ3n) is 5.32. The van der Waals surface area contributed by atoms with E-state index in [1.807, 2.05) is 0 Å². The molecule has 0 heteroatoms. The molecule has 0 aliphatic carbocycles. The molecule has 0 bridgehead atoms. The van der Waals surface area contributed by atoms with Crippen LogP contribution in [0.2, 0.25) is 0 Å². The van der Waals surface area contributed by atoms with Crippen molar-refractivity contribution in [3.8, 4) is 0 Å². The van der Waals surface area contributed by atoms with Crippen LogP contribution in [-0.2, 0) is 6.42 Å². The van der Waals surface area contributed by atoms with Gasteiger partial charge in [0.2, 0.25) is 0 Å². The molecular weight excluding hydrogens is 300 g/mol. The van der Waals surface area contributed by atoms with Crippen LogP contribution in [0.1, 0.15) is 63.4 Å². The van der Waals surface area contributed by atoms with Crippen LogP contribution in [0.5, 0.6) is 0 Å². The van der Waals surface area contributed by atoms with E-state index in [4.69, 9.17) is 0 Å². The molecule has 0 nitrogen and oxygen atoms in total. The van der Waals surface area contributed by atoms with E-state index < -0.39 is 0 Å². The Balaban J connectivity index is 1.53. The van der Waals surface area contributed by atoms with E-state index in [-0.39, 0.29) is 0 Å². The number of unbranched alkanes of at least 4 members (excludes halogenated alkanes) is 8. The summed E-state index contributed by atoms with van der Waals surface area (Å²) in [5.41, 5.74) is 1.51. The lowest BCUT2D eigenvalue weighted by molar-refractivity contribution is 0.569. The van der Waals surface area contributed by atoms with Gasteiger partial charge in [-0.2, -0.15) is 0 Å². The summed E-state index contributed by atoms with van der Waals surface area (Å²) in [6, 6.07) is 20.1. The van der Waals surface area contributed by atoms with Crippen LogP contribution in [0.15, 0.2) is 54.6 Å². The molecule has 25 heavy (non-hydrogen) atoms. The van der Waals surface area contributed by atoms with Gasteiger partial charge in [0.05, 0.1) is 0 Å². The molecule has 0 atom stereocenters. The molecule has 0 amide bonds. The van der Waals surface area contributed by atoms with Crippen LogP contribution in [0.3, 0.4) is 0 Å². The third-order valence-corrected chi connectivity index (χ3v) is 5.32.